The summed E-state index contributed by atoms with van der Waals surface area (Å²) in [6.07, 6.45) is -0.152. The van der Waals surface area contributed by atoms with E-state index >= 15 is 0 Å². The van der Waals surface area contributed by atoms with Crippen LogP contribution in [0.3, 0.4) is 0 Å². The lowest BCUT2D eigenvalue weighted by Gasteiger charge is -2.37. The van der Waals surface area contributed by atoms with Crippen molar-refractivity contribution >= 4 is 11.6 Å². The van der Waals surface area contributed by atoms with Gasteiger partial charge in [0.2, 0.25) is 0 Å². The van der Waals surface area contributed by atoms with Crippen LogP contribution in [-0.2, 0) is 0 Å². The molecule has 2 aromatic carbocycles. The highest BCUT2D eigenvalue weighted by Crippen LogP contribution is 2.32. The van der Waals surface area contributed by atoms with Crippen LogP contribution in [0.15, 0.2) is 48.5 Å². The Morgan fingerprint density at radius 1 is 1.25 bits per heavy atom. The Balaban J connectivity index is 1.72. The second kappa shape index (κ2) is 6.91. The number of carbonyl (C=O) groups excluding carboxylic acids is 1. The van der Waals surface area contributed by atoms with E-state index in [0.717, 1.165) is 18.0 Å². The number of para-hydroxylation sites is 2. The van der Waals surface area contributed by atoms with Gasteiger partial charge in [-0.1, -0.05) is 24.3 Å². The molecule has 1 aliphatic rings. The van der Waals surface area contributed by atoms with E-state index in [2.05, 4.69) is 11.8 Å². The van der Waals surface area contributed by atoms with E-state index in [1.807, 2.05) is 24.3 Å². The van der Waals surface area contributed by atoms with Crippen molar-refractivity contribution in [1.82, 2.24) is 4.90 Å². The van der Waals surface area contributed by atoms with E-state index in [1.54, 1.807) is 19.2 Å². The molecule has 1 atom stereocenters. The van der Waals surface area contributed by atoms with E-state index < -0.39 is 5.82 Å². The van der Waals surface area contributed by atoms with Crippen molar-refractivity contribution in [1.29, 1.82) is 0 Å². The largest absolute Gasteiger partial charge is 0.485 e. The van der Waals surface area contributed by atoms with Gasteiger partial charge in [0.25, 0.3) is 5.91 Å². The molecule has 0 aliphatic carbocycles. The molecule has 24 heavy (non-hydrogen) atoms. The SMILES string of the molecule is CCN1C[C@@H](CN(C)C(=O)c2ccccc2F)Oc2ccccc21. The highest BCUT2D eigenvalue weighted by atomic mass is 19.1. The Morgan fingerprint density at radius 3 is 2.71 bits per heavy atom. The van der Waals surface area contributed by atoms with Gasteiger partial charge in [-0.25, -0.2) is 4.39 Å². The maximum Gasteiger partial charge on any atom is 0.256 e. The fourth-order valence-electron chi connectivity index (χ4n) is 3.00. The van der Waals surface area contributed by atoms with Crippen molar-refractivity contribution < 1.29 is 13.9 Å². The molecule has 1 aliphatic heterocycles. The monoisotopic (exact) mass is 328 g/mol. The average Bonchev–Trinajstić information content (AvgIpc) is 2.60. The van der Waals surface area contributed by atoms with E-state index in [1.165, 1.54) is 17.0 Å². The summed E-state index contributed by atoms with van der Waals surface area (Å²) in [6, 6.07) is 13.9. The van der Waals surface area contributed by atoms with Crippen LogP contribution in [0.1, 0.15) is 17.3 Å². The summed E-state index contributed by atoms with van der Waals surface area (Å²) >= 11 is 0. The van der Waals surface area contributed by atoms with E-state index in [0.29, 0.717) is 13.1 Å². The quantitative estimate of drug-likeness (QED) is 0.864. The maximum absolute atomic E-state index is 13.8. The third kappa shape index (κ3) is 3.20. The predicted octanol–water partition coefficient (Wildman–Crippen LogP) is 3.19. The van der Waals surface area contributed by atoms with Crippen LogP contribution < -0.4 is 9.64 Å². The molecule has 0 N–H and O–H groups in total. The minimum Gasteiger partial charge on any atom is -0.485 e. The fraction of sp³-hybridized carbons (Fsp3) is 0.316. The molecule has 0 fully saturated rings. The average molecular weight is 328 g/mol. The molecular formula is C19H21FN2O2. The van der Waals surface area contributed by atoms with Gasteiger partial charge in [-0.15, -0.1) is 0 Å². The van der Waals surface area contributed by atoms with Crippen LogP contribution in [0.5, 0.6) is 5.75 Å². The highest BCUT2D eigenvalue weighted by molar-refractivity contribution is 5.94. The van der Waals surface area contributed by atoms with Crippen molar-refractivity contribution in [2.75, 3.05) is 31.6 Å². The number of fused-ring (bicyclic) bond motifs is 1. The summed E-state index contributed by atoms with van der Waals surface area (Å²) in [6.45, 7) is 4.05. The Bertz CT molecular complexity index is 735. The molecular weight excluding hydrogens is 307 g/mol. The minimum absolute atomic E-state index is 0.0866. The van der Waals surface area contributed by atoms with Gasteiger partial charge in [-0.3, -0.25) is 4.79 Å². The zero-order chi connectivity index (χ0) is 17.1. The van der Waals surface area contributed by atoms with Gasteiger partial charge in [-0.05, 0) is 31.2 Å². The molecule has 0 saturated heterocycles. The maximum atomic E-state index is 13.8. The molecule has 0 bridgehead atoms. The first-order valence-electron chi connectivity index (χ1n) is 8.10. The van der Waals surface area contributed by atoms with Crippen LogP contribution in [-0.4, -0.2) is 43.6 Å². The molecule has 0 spiro atoms. The number of benzene rings is 2. The van der Waals surface area contributed by atoms with Gasteiger partial charge >= 0.3 is 0 Å². The van der Waals surface area contributed by atoms with Gasteiger partial charge in [0, 0.05) is 13.6 Å². The molecule has 1 heterocycles. The lowest BCUT2D eigenvalue weighted by Crippen LogP contribution is -2.46. The molecule has 0 saturated carbocycles. The fourth-order valence-corrected chi connectivity index (χ4v) is 3.00. The van der Waals surface area contributed by atoms with Crippen molar-refractivity contribution in [3.63, 3.8) is 0 Å². The van der Waals surface area contributed by atoms with Crippen LogP contribution in [0.4, 0.5) is 10.1 Å². The van der Waals surface area contributed by atoms with E-state index in [-0.39, 0.29) is 17.6 Å². The molecule has 126 valence electrons. The van der Waals surface area contributed by atoms with Gasteiger partial charge < -0.3 is 14.5 Å². The number of anilines is 1. The third-order valence-electron chi connectivity index (χ3n) is 4.23. The topological polar surface area (TPSA) is 32.8 Å². The van der Waals surface area contributed by atoms with Crippen molar-refractivity contribution in [2.24, 2.45) is 0 Å². The molecule has 3 rings (SSSR count). The molecule has 5 heteroatoms. The normalized spacial score (nSPS) is 16.3. The Labute approximate surface area is 141 Å². The first-order valence-corrected chi connectivity index (χ1v) is 8.10. The lowest BCUT2D eigenvalue weighted by molar-refractivity contribution is 0.0705. The third-order valence-corrected chi connectivity index (χ3v) is 4.23. The standard InChI is InChI=1S/C19H21FN2O2/c1-3-22-13-14(24-18-11-7-6-10-17(18)22)12-21(2)19(23)15-8-4-5-9-16(15)20/h4-11,14H,3,12-13H2,1-2H3/t14-/m1/s1. The number of ether oxygens (including phenoxy) is 1. The summed E-state index contributed by atoms with van der Waals surface area (Å²) in [5.74, 6) is -0.0135. The molecule has 0 radical (unpaired) electrons. The van der Waals surface area contributed by atoms with Gasteiger partial charge in [0.05, 0.1) is 24.3 Å². The van der Waals surface area contributed by atoms with Gasteiger partial charge in [0.1, 0.15) is 17.7 Å². The van der Waals surface area contributed by atoms with E-state index in [9.17, 15) is 9.18 Å². The van der Waals surface area contributed by atoms with Crippen LogP contribution in [0, 0.1) is 5.82 Å². The molecule has 4 nitrogen and oxygen atoms in total. The van der Waals surface area contributed by atoms with Crippen LogP contribution in [0.25, 0.3) is 0 Å². The summed E-state index contributed by atoms with van der Waals surface area (Å²) in [7, 11) is 1.68. The second-order valence-electron chi connectivity index (χ2n) is 5.91. The Morgan fingerprint density at radius 2 is 1.96 bits per heavy atom. The Hall–Kier alpha value is -2.56. The number of halogens is 1. The number of nitrogens with zero attached hydrogens (tertiary/aromatic N) is 2. The van der Waals surface area contributed by atoms with Crippen molar-refractivity contribution in [2.45, 2.75) is 13.0 Å². The summed E-state index contributed by atoms with van der Waals surface area (Å²) in [5, 5.41) is 0. The highest BCUT2D eigenvalue weighted by Gasteiger charge is 2.27. The summed E-state index contributed by atoms with van der Waals surface area (Å²) < 4.78 is 19.8. The first kappa shape index (κ1) is 16.3. The summed E-state index contributed by atoms with van der Waals surface area (Å²) in [4.78, 5) is 16.2. The summed E-state index contributed by atoms with van der Waals surface area (Å²) in [5.41, 5.74) is 1.16. The van der Waals surface area contributed by atoms with Crippen LogP contribution >= 0.6 is 0 Å². The second-order valence-corrected chi connectivity index (χ2v) is 5.91. The first-order chi connectivity index (χ1) is 11.6. The lowest BCUT2D eigenvalue weighted by atomic mass is 10.1. The van der Waals surface area contributed by atoms with E-state index in [4.69, 9.17) is 4.74 Å². The number of hydrogen-bond acceptors (Lipinski definition) is 3. The van der Waals surface area contributed by atoms with Gasteiger partial charge in [0.15, 0.2) is 0 Å². The number of likely N-dealkylation sites (N-methyl/N-ethyl adjacent to an activating group) is 2. The van der Waals surface area contributed by atoms with Crippen molar-refractivity contribution in [3.8, 4) is 5.75 Å². The van der Waals surface area contributed by atoms with Crippen LogP contribution in [0.2, 0.25) is 0 Å². The minimum atomic E-state index is -0.501. The van der Waals surface area contributed by atoms with Crippen molar-refractivity contribution in [3.05, 3.63) is 59.9 Å². The molecule has 1 amide bonds. The zero-order valence-electron chi connectivity index (χ0n) is 13.9. The number of rotatable bonds is 4. The Kier molecular flexibility index (Phi) is 4.69. The molecule has 2 aromatic rings. The number of amides is 1. The molecule has 0 aromatic heterocycles. The predicted molar refractivity (Wildman–Crippen MR) is 92.1 cm³/mol. The number of hydrogen-bond donors (Lipinski definition) is 0. The van der Waals surface area contributed by atoms with Gasteiger partial charge in [-0.2, -0.15) is 0 Å². The number of carbonyl (C=O) groups is 1. The smallest absolute Gasteiger partial charge is 0.256 e. The molecule has 0 unspecified atom stereocenters. The zero-order valence-corrected chi connectivity index (χ0v) is 13.9.